The van der Waals surface area contributed by atoms with Crippen LogP contribution >= 0.6 is 0 Å². The molecule has 0 aromatic carbocycles. The van der Waals surface area contributed by atoms with Gasteiger partial charge in [-0.2, -0.15) is 0 Å². The molecule has 0 heterocycles. The van der Waals surface area contributed by atoms with Crippen LogP contribution in [0.25, 0.3) is 0 Å². The Morgan fingerprint density at radius 1 is 0.833 bits per heavy atom. The molecule has 7 nitrogen and oxygen atoms in total. The van der Waals surface area contributed by atoms with Crippen LogP contribution in [0.2, 0.25) is 0 Å². The average Bonchev–Trinajstić information content (AvgIpc) is 2.15. The van der Waals surface area contributed by atoms with E-state index in [1.807, 2.05) is 0 Å². The lowest BCUT2D eigenvalue weighted by Gasteiger charge is -1.99. The van der Waals surface area contributed by atoms with Crippen LogP contribution in [0.1, 0.15) is 52.9 Å². The molecule has 0 saturated heterocycles. The Labute approximate surface area is 111 Å². The van der Waals surface area contributed by atoms with Crippen LogP contribution in [0.3, 0.4) is 0 Å². The van der Waals surface area contributed by atoms with Gasteiger partial charge in [0, 0.05) is 5.97 Å². The fraction of sp³-hybridized carbons (Fsp3) is 0.909. The van der Waals surface area contributed by atoms with Crippen molar-refractivity contribution in [1.29, 1.82) is 0 Å². The van der Waals surface area contributed by atoms with Crippen molar-refractivity contribution < 1.29 is 20.1 Å². The summed E-state index contributed by atoms with van der Waals surface area (Å²) in [7, 11) is 0. The largest absolute Gasteiger partial charge is 0.855 e. The molecule has 0 spiro atoms. The van der Waals surface area contributed by atoms with E-state index in [4.69, 9.17) is 10.2 Å². The van der Waals surface area contributed by atoms with Crippen molar-refractivity contribution in [2.24, 2.45) is 0 Å². The summed E-state index contributed by atoms with van der Waals surface area (Å²) in [5, 5.41) is 27.7. The molecule has 0 fully saturated rings. The van der Waals surface area contributed by atoms with Gasteiger partial charge in [0.2, 0.25) is 0 Å². The smallest absolute Gasteiger partial charge is 0.0414 e. The highest BCUT2D eigenvalue weighted by Crippen LogP contribution is 2.00. The van der Waals surface area contributed by atoms with E-state index in [-0.39, 0.29) is 38.1 Å². The quantitative estimate of drug-likeness (QED) is 0.615. The first-order valence-corrected chi connectivity index (χ1v) is 5.46. The summed E-state index contributed by atoms with van der Waals surface area (Å²) in [6, 6.07) is 0. The number of aliphatic carboxylic acids is 1. The normalized spacial score (nSPS) is 6.72. The van der Waals surface area contributed by atoms with Gasteiger partial charge in [-0.3, -0.25) is 0 Å². The van der Waals surface area contributed by atoms with Gasteiger partial charge in [0.25, 0.3) is 0 Å². The molecular formula is C11H35N3O4. The molecule has 0 amide bonds. The number of carboxylic acid groups (broad SMARTS) is 1. The van der Waals surface area contributed by atoms with Crippen molar-refractivity contribution in [3.8, 4) is 0 Å². The first kappa shape index (κ1) is 36.0. The lowest BCUT2D eigenvalue weighted by molar-refractivity contribution is -0.362. The second-order valence-electron chi connectivity index (χ2n) is 2.76. The van der Waals surface area contributed by atoms with Gasteiger partial charge in [-0.25, -0.2) is 0 Å². The third-order valence-electron chi connectivity index (χ3n) is 1.23. The zero-order valence-electron chi connectivity index (χ0n) is 13.1. The summed E-state index contributed by atoms with van der Waals surface area (Å²) in [4.78, 5) is 9.85. The summed E-state index contributed by atoms with van der Waals surface area (Å²) < 4.78 is 0. The average molecular weight is 273 g/mol. The van der Waals surface area contributed by atoms with E-state index in [1.165, 1.54) is 0 Å². The molecular weight excluding hydrogens is 238 g/mol. The Kier molecular flexibility index (Phi) is 88.3. The van der Waals surface area contributed by atoms with Crippen LogP contribution in [0, 0.1) is 0 Å². The summed E-state index contributed by atoms with van der Waals surface area (Å²) in [6.45, 7) is 5.24. The first-order valence-electron chi connectivity index (χ1n) is 5.46. The minimum Gasteiger partial charge on any atom is -0.855 e. The van der Waals surface area contributed by atoms with Gasteiger partial charge < -0.3 is 38.6 Å². The molecule has 0 aliphatic rings. The van der Waals surface area contributed by atoms with E-state index in [9.17, 15) is 9.90 Å². The van der Waals surface area contributed by atoms with Crippen molar-refractivity contribution >= 4 is 5.97 Å². The number of carboxylic acids is 1. The summed E-state index contributed by atoms with van der Waals surface area (Å²) in [5.74, 6) is -0.925. The maximum absolute atomic E-state index is 9.85. The molecule has 0 atom stereocenters. The van der Waals surface area contributed by atoms with Crippen LogP contribution in [-0.2, 0) is 4.79 Å². The third kappa shape index (κ3) is 112. The molecule has 0 aromatic heterocycles. The lowest BCUT2D eigenvalue weighted by Crippen LogP contribution is -2.21. The molecule has 18 heavy (non-hydrogen) atoms. The van der Waals surface area contributed by atoms with Gasteiger partial charge in [0.05, 0.1) is 0 Å². The van der Waals surface area contributed by atoms with Gasteiger partial charge in [0.1, 0.15) is 0 Å². The zero-order chi connectivity index (χ0) is 12.5. The zero-order valence-corrected chi connectivity index (χ0v) is 13.1. The second kappa shape index (κ2) is 44.1. The number of hydrogen-bond donors (Lipinski definition) is 3. The van der Waals surface area contributed by atoms with Crippen LogP contribution in [0.4, 0.5) is 0 Å². The third-order valence-corrected chi connectivity index (χ3v) is 1.23. The van der Waals surface area contributed by atoms with E-state index >= 15 is 0 Å². The van der Waals surface area contributed by atoms with Gasteiger partial charge in [0.15, 0.2) is 0 Å². The Balaban J connectivity index is -0.0000000347. The number of carbonyl (C=O) groups excluding carboxylic acids is 1. The van der Waals surface area contributed by atoms with Crippen molar-refractivity contribution in [3.63, 3.8) is 0 Å². The van der Waals surface area contributed by atoms with Crippen molar-refractivity contribution in [2.75, 3.05) is 13.2 Å². The van der Waals surface area contributed by atoms with E-state index in [0.29, 0.717) is 0 Å². The minimum absolute atomic E-state index is 0. The van der Waals surface area contributed by atoms with Crippen molar-refractivity contribution in [2.45, 2.75) is 52.9 Å². The summed E-state index contributed by atoms with van der Waals surface area (Å²) in [6.07, 6.45) is 4.29. The molecule has 0 bridgehead atoms. The Hall–Kier alpha value is -0.730. The SMILES string of the molecule is CCCCCCC(=O)[O-].CC[O-].CC[O-].[NH4+].[NH4+].[NH4+]. The van der Waals surface area contributed by atoms with Crippen LogP contribution < -0.4 is 33.8 Å². The molecule has 118 valence electrons. The molecule has 0 rings (SSSR count). The topological polar surface area (TPSA) is 196 Å². The number of quaternary nitrogens is 3. The molecule has 12 N–H and O–H groups in total. The van der Waals surface area contributed by atoms with Crippen molar-refractivity contribution in [1.82, 2.24) is 18.5 Å². The summed E-state index contributed by atoms with van der Waals surface area (Å²) in [5.41, 5.74) is 0. The van der Waals surface area contributed by atoms with E-state index in [1.54, 1.807) is 13.8 Å². The van der Waals surface area contributed by atoms with E-state index in [0.717, 1.165) is 25.7 Å². The fourth-order valence-corrected chi connectivity index (χ4v) is 0.696. The molecule has 0 radical (unpaired) electrons. The van der Waals surface area contributed by atoms with Gasteiger partial charge in [-0.05, 0) is 12.8 Å². The van der Waals surface area contributed by atoms with Gasteiger partial charge in [-0.15, -0.1) is 13.2 Å². The standard InChI is InChI=1S/C7H14O2.2C2H5O.3H3N/c1-2-3-4-5-6-7(8)9;2*1-2-3;;;/h2-6H2,1H3,(H,8,9);2*2H2,1H3;3*1H3/q;2*-1;;;/p+2. The number of unbranched alkanes of at least 4 members (excludes halogenated alkanes) is 3. The van der Waals surface area contributed by atoms with Crippen molar-refractivity contribution in [3.05, 3.63) is 0 Å². The fourth-order valence-electron chi connectivity index (χ4n) is 0.696. The maximum atomic E-state index is 9.85. The monoisotopic (exact) mass is 273 g/mol. The maximum Gasteiger partial charge on any atom is 0.0414 e. The minimum atomic E-state index is -0.925. The van der Waals surface area contributed by atoms with Crippen LogP contribution in [0.15, 0.2) is 0 Å². The Bertz CT molecular complexity index is 114. The molecule has 0 unspecified atom stereocenters. The van der Waals surface area contributed by atoms with Crippen LogP contribution in [0.5, 0.6) is 0 Å². The lowest BCUT2D eigenvalue weighted by atomic mass is 10.2. The number of carbonyl (C=O) groups is 1. The first-order chi connectivity index (χ1) is 7.10. The van der Waals surface area contributed by atoms with Gasteiger partial charge >= 0.3 is 0 Å². The Morgan fingerprint density at radius 3 is 1.39 bits per heavy atom. The Morgan fingerprint density at radius 2 is 1.17 bits per heavy atom. The summed E-state index contributed by atoms with van der Waals surface area (Å²) >= 11 is 0. The molecule has 0 aliphatic carbocycles. The van der Waals surface area contributed by atoms with Gasteiger partial charge in [-0.1, -0.05) is 40.0 Å². The molecule has 0 saturated carbocycles. The van der Waals surface area contributed by atoms with E-state index in [2.05, 4.69) is 6.92 Å². The number of rotatable bonds is 5. The highest BCUT2D eigenvalue weighted by Gasteiger charge is 1.86. The highest BCUT2D eigenvalue weighted by atomic mass is 16.4. The predicted molar refractivity (Wildman–Crippen MR) is 72.8 cm³/mol. The highest BCUT2D eigenvalue weighted by molar-refractivity contribution is 5.63. The molecule has 0 aliphatic heterocycles. The van der Waals surface area contributed by atoms with E-state index < -0.39 is 5.97 Å². The number of hydrogen-bond acceptors (Lipinski definition) is 4. The molecule has 0 aromatic rings. The molecule has 7 heteroatoms. The predicted octanol–water partition coefficient (Wildman–Crippen LogP) is 0.569. The van der Waals surface area contributed by atoms with Crippen LogP contribution in [-0.4, -0.2) is 19.2 Å². The second-order valence-corrected chi connectivity index (χ2v) is 2.76.